The van der Waals surface area contributed by atoms with Crippen LogP contribution in [0.5, 0.6) is 0 Å². The van der Waals surface area contributed by atoms with Crippen molar-refractivity contribution in [1.82, 2.24) is 19.9 Å². The Hall–Kier alpha value is -2.70. The van der Waals surface area contributed by atoms with E-state index in [1.165, 1.54) is 6.42 Å². The van der Waals surface area contributed by atoms with Crippen molar-refractivity contribution in [3.63, 3.8) is 0 Å². The lowest BCUT2D eigenvalue weighted by molar-refractivity contribution is 0.0635. The van der Waals surface area contributed by atoms with Gasteiger partial charge in [0.15, 0.2) is 5.69 Å². The van der Waals surface area contributed by atoms with Gasteiger partial charge in [-0.2, -0.15) is 0 Å². The lowest BCUT2D eigenvalue weighted by atomic mass is 10.0. The summed E-state index contributed by atoms with van der Waals surface area (Å²) in [5, 5.41) is 10.7. The van der Waals surface area contributed by atoms with Gasteiger partial charge in [0.05, 0.1) is 11.7 Å². The van der Waals surface area contributed by atoms with Gasteiger partial charge in [-0.3, -0.25) is 9.59 Å². The molecular weight excluding hydrogens is 342 g/mol. The molecule has 1 aliphatic rings. The zero-order chi connectivity index (χ0) is 19.6. The fraction of sp³-hybridized carbons (Fsp3) is 0.500. The second-order valence-corrected chi connectivity index (χ2v) is 8.09. The van der Waals surface area contributed by atoms with E-state index in [-0.39, 0.29) is 29.1 Å². The van der Waals surface area contributed by atoms with E-state index in [4.69, 9.17) is 0 Å². The van der Waals surface area contributed by atoms with Crippen LogP contribution in [0.25, 0.3) is 0 Å². The van der Waals surface area contributed by atoms with Crippen molar-refractivity contribution in [1.29, 1.82) is 0 Å². The molecule has 7 heteroatoms. The van der Waals surface area contributed by atoms with Gasteiger partial charge in [-0.25, -0.2) is 4.68 Å². The Labute approximate surface area is 159 Å². The molecule has 0 spiro atoms. The first-order valence-electron chi connectivity index (χ1n) is 9.41. The maximum atomic E-state index is 12.7. The molecule has 2 aromatic rings. The molecule has 144 valence electrons. The minimum Gasteiger partial charge on any atom is -0.336 e. The highest BCUT2D eigenvalue weighted by Crippen LogP contribution is 2.20. The first-order chi connectivity index (χ1) is 12.8. The van der Waals surface area contributed by atoms with Crippen LogP contribution in [0, 0.1) is 0 Å². The second-order valence-electron chi connectivity index (χ2n) is 8.09. The molecule has 2 heterocycles. The number of nitrogens with one attached hydrogen (secondary N) is 1. The molecule has 0 radical (unpaired) electrons. The van der Waals surface area contributed by atoms with Crippen molar-refractivity contribution in [2.45, 2.75) is 58.5 Å². The van der Waals surface area contributed by atoms with Gasteiger partial charge in [0.2, 0.25) is 0 Å². The van der Waals surface area contributed by atoms with Gasteiger partial charge in [0.25, 0.3) is 11.8 Å². The minimum absolute atomic E-state index is 0.0493. The normalized spacial score (nSPS) is 17.6. The van der Waals surface area contributed by atoms with Gasteiger partial charge < -0.3 is 10.2 Å². The first-order valence-corrected chi connectivity index (χ1v) is 9.41. The third-order valence-electron chi connectivity index (χ3n) is 4.87. The number of amides is 2. The number of carbonyl (C=O) groups is 2. The maximum Gasteiger partial charge on any atom is 0.277 e. The van der Waals surface area contributed by atoms with E-state index in [9.17, 15) is 9.59 Å². The van der Waals surface area contributed by atoms with E-state index in [1.807, 2.05) is 25.7 Å². The highest BCUT2D eigenvalue weighted by atomic mass is 16.2. The van der Waals surface area contributed by atoms with Crippen LogP contribution in [0.2, 0.25) is 0 Å². The van der Waals surface area contributed by atoms with E-state index >= 15 is 0 Å². The van der Waals surface area contributed by atoms with Crippen LogP contribution < -0.4 is 5.32 Å². The van der Waals surface area contributed by atoms with E-state index < -0.39 is 0 Å². The number of hydrogen-bond acceptors (Lipinski definition) is 4. The molecule has 0 aliphatic carbocycles. The number of carbonyl (C=O) groups excluding carboxylic acids is 2. The summed E-state index contributed by atoms with van der Waals surface area (Å²) >= 11 is 0. The average molecular weight is 369 g/mol. The number of hydrogen-bond donors (Lipinski definition) is 1. The summed E-state index contributed by atoms with van der Waals surface area (Å²) in [7, 11) is 0. The van der Waals surface area contributed by atoms with Gasteiger partial charge in [0.1, 0.15) is 0 Å². The minimum atomic E-state index is -0.325. The molecule has 1 saturated heterocycles. The molecule has 1 aromatic heterocycles. The third kappa shape index (κ3) is 4.35. The van der Waals surface area contributed by atoms with Crippen LogP contribution in [0.4, 0.5) is 5.69 Å². The van der Waals surface area contributed by atoms with E-state index in [0.29, 0.717) is 11.3 Å². The standard InChI is InChI=1S/C20H27N5O2/c1-14-7-5-6-12-24(14)19(27)15-8-10-16(11-9-15)21-18(26)17-13-25(23-22-17)20(2,3)4/h8-11,13-14H,5-7,12H2,1-4H3,(H,21,26)/t14-/m0/s1. The number of anilines is 1. The number of benzene rings is 1. The van der Waals surface area contributed by atoms with Crippen LogP contribution in [0.3, 0.4) is 0 Å². The Kier molecular flexibility index (Phi) is 5.30. The monoisotopic (exact) mass is 369 g/mol. The third-order valence-corrected chi connectivity index (χ3v) is 4.87. The molecule has 7 nitrogen and oxygen atoms in total. The van der Waals surface area contributed by atoms with E-state index in [1.54, 1.807) is 35.1 Å². The Balaban J connectivity index is 1.66. The van der Waals surface area contributed by atoms with Gasteiger partial charge >= 0.3 is 0 Å². The Morgan fingerprint density at radius 2 is 1.85 bits per heavy atom. The molecule has 27 heavy (non-hydrogen) atoms. The maximum absolute atomic E-state index is 12.7. The molecule has 1 N–H and O–H groups in total. The molecule has 0 unspecified atom stereocenters. The number of piperidine rings is 1. The molecule has 0 saturated carbocycles. The fourth-order valence-electron chi connectivity index (χ4n) is 3.15. The summed E-state index contributed by atoms with van der Waals surface area (Å²) in [6.45, 7) is 8.87. The summed E-state index contributed by atoms with van der Waals surface area (Å²) in [5.41, 5.74) is 1.28. The average Bonchev–Trinajstić information content (AvgIpc) is 3.13. The zero-order valence-corrected chi connectivity index (χ0v) is 16.4. The molecule has 0 bridgehead atoms. The van der Waals surface area contributed by atoms with Crippen molar-refractivity contribution in [2.24, 2.45) is 0 Å². The summed E-state index contributed by atoms with van der Waals surface area (Å²) in [4.78, 5) is 27.0. The second kappa shape index (κ2) is 7.50. The van der Waals surface area contributed by atoms with Crippen LogP contribution >= 0.6 is 0 Å². The Morgan fingerprint density at radius 3 is 2.44 bits per heavy atom. The SMILES string of the molecule is C[C@H]1CCCCN1C(=O)c1ccc(NC(=O)c2cn(C(C)(C)C)nn2)cc1. The first kappa shape index (κ1) is 19.1. The number of aromatic nitrogens is 3. The zero-order valence-electron chi connectivity index (χ0n) is 16.4. The lowest BCUT2D eigenvalue weighted by Crippen LogP contribution is -2.42. The Morgan fingerprint density at radius 1 is 1.15 bits per heavy atom. The molecule has 1 aliphatic heterocycles. The summed E-state index contributed by atoms with van der Waals surface area (Å²) in [6.07, 6.45) is 4.91. The number of nitrogens with zero attached hydrogens (tertiary/aromatic N) is 4. The largest absolute Gasteiger partial charge is 0.336 e. The highest BCUT2D eigenvalue weighted by molar-refractivity contribution is 6.03. The molecule has 1 fully saturated rings. The van der Waals surface area contributed by atoms with Crippen molar-refractivity contribution < 1.29 is 9.59 Å². The van der Waals surface area contributed by atoms with Crippen LogP contribution in [-0.2, 0) is 5.54 Å². The van der Waals surface area contributed by atoms with Gasteiger partial charge in [0, 0.05) is 23.8 Å². The van der Waals surface area contributed by atoms with E-state index in [0.717, 1.165) is 19.4 Å². The number of likely N-dealkylation sites (tertiary alicyclic amines) is 1. The fourth-order valence-corrected chi connectivity index (χ4v) is 3.15. The molecule has 1 atom stereocenters. The molecule has 3 rings (SSSR count). The van der Waals surface area contributed by atoms with Crippen LogP contribution in [0.1, 0.15) is 67.8 Å². The Bertz CT molecular complexity index is 820. The number of rotatable bonds is 3. The molecule has 2 amide bonds. The molecular formula is C20H27N5O2. The van der Waals surface area contributed by atoms with E-state index in [2.05, 4.69) is 22.6 Å². The van der Waals surface area contributed by atoms with Crippen LogP contribution in [-0.4, -0.2) is 44.3 Å². The lowest BCUT2D eigenvalue weighted by Gasteiger charge is -2.33. The summed E-state index contributed by atoms with van der Waals surface area (Å²) in [5.74, 6) is -0.276. The quantitative estimate of drug-likeness (QED) is 0.900. The summed E-state index contributed by atoms with van der Waals surface area (Å²) in [6, 6.07) is 7.27. The summed E-state index contributed by atoms with van der Waals surface area (Å²) < 4.78 is 1.66. The molecule has 1 aromatic carbocycles. The van der Waals surface area contributed by atoms with Gasteiger partial charge in [-0.1, -0.05) is 5.21 Å². The van der Waals surface area contributed by atoms with Crippen molar-refractivity contribution in [3.8, 4) is 0 Å². The van der Waals surface area contributed by atoms with Gasteiger partial charge in [-0.15, -0.1) is 5.10 Å². The topological polar surface area (TPSA) is 80.1 Å². The van der Waals surface area contributed by atoms with Gasteiger partial charge in [-0.05, 0) is 71.2 Å². The predicted octanol–water partition coefficient (Wildman–Crippen LogP) is 3.30. The highest BCUT2D eigenvalue weighted by Gasteiger charge is 2.24. The van der Waals surface area contributed by atoms with Crippen molar-refractivity contribution in [2.75, 3.05) is 11.9 Å². The smallest absolute Gasteiger partial charge is 0.277 e. The van der Waals surface area contributed by atoms with Crippen LogP contribution in [0.15, 0.2) is 30.5 Å². The van der Waals surface area contributed by atoms with Crippen molar-refractivity contribution in [3.05, 3.63) is 41.7 Å². The van der Waals surface area contributed by atoms with Crippen molar-refractivity contribution >= 4 is 17.5 Å². The predicted molar refractivity (Wildman–Crippen MR) is 104 cm³/mol.